The SMILES string of the molecule is Cc1ccc(C)c(-n2ncc3c(=O)[nH]c(C)nc32)c1. The van der Waals surface area contributed by atoms with Crippen LogP contribution in [0.4, 0.5) is 0 Å². The number of H-pyrrole nitrogens is 1. The van der Waals surface area contributed by atoms with Crippen molar-refractivity contribution in [2.75, 3.05) is 0 Å². The Kier molecular flexibility index (Phi) is 2.48. The molecule has 0 fully saturated rings. The standard InChI is InChI=1S/C14H14N4O/c1-8-4-5-9(2)12(6-8)18-13-11(7-15-18)14(19)17-10(3)16-13/h4-7H,1-3H3,(H,16,17,19). The molecule has 5 nitrogen and oxygen atoms in total. The predicted molar refractivity (Wildman–Crippen MR) is 73.7 cm³/mol. The van der Waals surface area contributed by atoms with E-state index in [-0.39, 0.29) is 5.56 Å². The van der Waals surface area contributed by atoms with Crippen LogP contribution in [0.1, 0.15) is 17.0 Å². The molecule has 0 radical (unpaired) electrons. The topological polar surface area (TPSA) is 63.6 Å². The van der Waals surface area contributed by atoms with Gasteiger partial charge in [-0.15, -0.1) is 0 Å². The van der Waals surface area contributed by atoms with E-state index < -0.39 is 0 Å². The predicted octanol–water partition coefficient (Wildman–Crippen LogP) is 2.03. The van der Waals surface area contributed by atoms with Gasteiger partial charge in [-0.3, -0.25) is 4.79 Å². The molecule has 3 aromatic rings. The highest BCUT2D eigenvalue weighted by molar-refractivity contribution is 5.75. The highest BCUT2D eigenvalue weighted by atomic mass is 16.1. The number of aromatic nitrogens is 4. The van der Waals surface area contributed by atoms with Crippen LogP contribution in [0.25, 0.3) is 16.7 Å². The quantitative estimate of drug-likeness (QED) is 0.722. The number of aromatic amines is 1. The number of benzene rings is 1. The van der Waals surface area contributed by atoms with Crippen LogP contribution >= 0.6 is 0 Å². The minimum absolute atomic E-state index is 0.154. The summed E-state index contributed by atoms with van der Waals surface area (Å²) in [5.41, 5.74) is 3.63. The average Bonchev–Trinajstić information content (AvgIpc) is 2.76. The fourth-order valence-corrected chi connectivity index (χ4v) is 2.15. The molecule has 1 aromatic carbocycles. The number of fused-ring (bicyclic) bond motifs is 1. The number of aryl methyl sites for hydroxylation is 3. The summed E-state index contributed by atoms with van der Waals surface area (Å²) in [5.74, 6) is 0.588. The molecule has 19 heavy (non-hydrogen) atoms. The van der Waals surface area contributed by atoms with Crippen molar-refractivity contribution in [2.24, 2.45) is 0 Å². The van der Waals surface area contributed by atoms with E-state index in [9.17, 15) is 4.79 Å². The van der Waals surface area contributed by atoms with Crippen molar-refractivity contribution in [1.29, 1.82) is 0 Å². The second kappa shape index (κ2) is 4.05. The lowest BCUT2D eigenvalue weighted by atomic mass is 10.1. The van der Waals surface area contributed by atoms with Gasteiger partial charge in [0.15, 0.2) is 5.65 Å². The lowest BCUT2D eigenvalue weighted by molar-refractivity contribution is 0.879. The smallest absolute Gasteiger partial charge is 0.262 e. The summed E-state index contributed by atoms with van der Waals surface area (Å²) in [4.78, 5) is 18.9. The molecule has 0 aliphatic heterocycles. The highest BCUT2D eigenvalue weighted by Crippen LogP contribution is 2.18. The summed E-state index contributed by atoms with van der Waals surface area (Å²) in [5, 5.41) is 4.81. The van der Waals surface area contributed by atoms with Crippen molar-refractivity contribution >= 4 is 11.0 Å². The zero-order chi connectivity index (χ0) is 13.6. The molecule has 2 heterocycles. The molecule has 0 saturated carbocycles. The maximum absolute atomic E-state index is 11.8. The third-order valence-corrected chi connectivity index (χ3v) is 3.15. The van der Waals surface area contributed by atoms with Crippen molar-refractivity contribution in [3.63, 3.8) is 0 Å². The second-order valence-electron chi connectivity index (χ2n) is 4.73. The number of nitrogens with one attached hydrogen (secondary N) is 1. The van der Waals surface area contributed by atoms with Gasteiger partial charge in [0.25, 0.3) is 5.56 Å². The van der Waals surface area contributed by atoms with Crippen LogP contribution in [-0.2, 0) is 0 Å². The van der Waals surface area contributed by atoms with Crippen molar-refractivity contribution in [3.05, 3.63) is 51.7 Å². The van der Waals surface area contributed by atoms with E-state index in [4.69, 9.17) is 0 Å². The Balaban J connectivity index is 2.37. The Labute approximate surface area is 109 Å². The normalized spacial score (nSPS) is 11.1. The third kappa shape index (κ3) is 1.83. The molecule has 3 rings (SSSR count). The van der Waals surface area contributed by atoms with Gasteiger partial charge < -0.3 is 4.98 Å². The minimum atomic E-state index is -0.154. The van der Waals surface area contributed by atoms with Gasteiger partial charge in [0.2, 0.25) is 0 Å². The zero-order valence-corrected chi connectivity index (χ0v) is 11.1. The second-order valence-corrected chi connectivity index (χ2v) is 4.73. The van der Waals surface area contributed by atoms with E-state index in [0.717, 1.165) is 16.8 Å². The van der Waals surface area contributed by atoms with Gasteiger partial charge in [-0.05, 0) is 38.0 Å². The summed E-state index contributed by atoms with van der Waals surface area (Å²) < 4.78 is 1.72. The molecule has 2 aromatic heterocycles. The monoisotopic (exact) mass is 254 g/mol. The first kappa shape index (κ1) is 11.6. The Hall–Kier alpha value is -2.43. The molecule has 0 unspecified atom stereocenters. The van der Waals surface area contributed by atoms with Crippen LogP contribution in [0.2, 0.25) is 0 Å². The van der Waals surface area contributed by atoms with Crippen LogP contribution in [0, 0.1) is 20.8 Å². The number of hydrogen-bond donors (Lipinski definition) is 1. The van der Waals surface area contributed by atoms with Crippen molar-refractivity contribution in [3.8, 4) is 5.69 Å². The van der Waals surface area contributed by atoms with Gasteiger partial charge in [-0.25, -0.2) is 9.67 Å². The molecule has 0 bridgehead atoms. The van der Waals surface area contributed by atoms with E-state index in [1.807, 2.05) is 26.0 Å². The molecule has 0 saturated heterocycles. The molecule has 0 aliphatic rings. The van der Waals surface area contributed by atoms with E-state index in [1.54, 1.807) is 17.8 Å². The van der Waals surface area contributed by atoms with Crippen molar-refractivity contribution < 1.29 is 0 Å². The van der Waals surface area contributed by atoms with Crippen LogP contribution in [0.5, 0.6) is 0 Å². The molecule has 0 amide bonds. The number of nitrogens with zero attached hydrogens (tertiary/aromatic N) is 3. The van der Waals surface area contributed by atoms with E-state index in [2.05, 4.69) is 21.1 Å². The largest absolute Gasteiger partial charge is 0.310 e. The van der Waals surface area contributed by atoms with E-state index in [1.165, 1.54) is 0 Å². The first-order valence-corrected chi connectivity index (χ1v) is 6.08. The van der Waals surface area contributed by atoms with E-state index in [0.29, 0.717) is 16.9 Å². The number of hydrogen-bond acceptors (Lipinski definition) is 3. The van der Waals surface area contributed by atoms with Crippen LogP contribution in [0.15, 0.2) is 29.2 Å². The molecule has 1 N–H and O–H groups in total. The first-order valence-electron chi connectivity index (χ1n) is 6.08. The Bertz CT molecular complexity index is 829. The summed E-state index contributed by atoms with van der Waals surface area (Å²) in [6.45, 7) is 5.81. The lowest BCUT2D eigenvalue weighted by Crippen LogP contribution is -2.10. The average molecular weight is 254 g/mol. The molecular formula is C14H14N4O. The molecule has 0 spiro atoms. The Morgan fingerprint density at radius 1 is 1.21 bits per heavy atom. The lowest BCUT2D eigenvalue weighted by Gasteiger charge is -2.08. The zero-order valence-electron chi connectivity index (χ0n) is 11.1. The Morgan fingerprint density at radius 2 is 2.00 bits per heavy atom. The fourth-order valence-electron chi connectivity index (χ4n) is 2.15. The van der Waals surface area contributed by atoms with Gasteiger partial charge in [0, 0.05) is 0 Å². The van der Waals surface area contributed by atoms with Gasteiger partial charge in [0.1, 0.15) is 11.2 Å². The molecule has 0 atom stereocenters. The van der Waals surface area contributed by atoms with Gasteiger partial charge in [-0.1, -0.05) is 12.1 Å². The highest BCUT2D eigenvalue weighted by Gasteiger charge is 2.11. The third-order valence-electron chi connectivity index (χ3n) is 3.15. The Morgan fingerprint density at radius 3 is 2.79 bits per heavy atom. The van der Waals surface area contributed by atoms with Gasteiger partial charge in [0.05, 0.1) is 11.9 Å². The van der Waals surface area contributed by atoms with Crippen LogP contribution in [0.3, 0.4) is 0 Å². The van der Waals surface area contributed by atoms with Gasteiger partial charge in [-0.2, -0.15) is 5.10 Å². The van der Waals surface area contributed by atoms with Crippen molar-refractivity contribution in [1.82, 2.24) is 19.7 Å². The maximum Gasteiger partial charge on any atom is 0.262 e. The summed E-state index contributed by atoms with van der Waals surface area (Å²) in [7, 11) is 0. The molecule has 5 heteroatoms. The van der Waals surface area contributed by atoms with E-state index >= 15 is 0 Å². The number of rotatable bonds is 1. The van der Waals surface area contributed by atoms with Crippen LogP contribution in [-0.4, -0.2) is 19.7 Å². The van der Waals surface area contributed by atoms with Crippen molar-refractivity contribution in [2.45, 2.75) is 20.8 Å². The fraction of sp³-hybridized carbons (Fsp3) is 0.214. The summed E-state index contributed by atoms with van der Waals surface area (Å²) in [6.07, 6.45) is 1.56. The summed E-state index contributed by atoms with van der Waals surface area (Å²) in [6, 6.07) is 6.13. The first-order chi connectivity index (χ1) is 9.06. The molecular weight excluding hydrogens is 240 g/mol. The minimum Gasteiger partial charge on any atom is -0.310 e. The molecule has 0 aliphatic carbocycles. The maximum atomic E-state index is 11.8. The summed E-state index contributed by atoms with van der Waals surface area (Å²) >= 11 is 0. The van der Waals surface area contributed by atoms with Gasteiger partial charge >= 0.3 is 0 Å². The molecule has 96 valence electrons. The van der Waals surface area contributed by atoms with Crippen LogP contribution < -0.4 is 5.56 Å².